The maximum Gasteiger partial charge on any atom is 0.225 e. The number of aromatic nitrogens is 2. The number of aryl methyl sites for hydroxylation is 1. The quantitative estimate of drug-likeness (QED) is 0.825. The van der Waals surface area contributed by atoms with E-state index in [0.29, 0.717) is 6.04 Å². The maximum atomic E-state index is 9.80. The van der Waals surface area contributed by atoms with Gasteiger partial charge in [0.15, 0.2) is 0 Å². The van der Waals surface area contributed by atoms with E-state index in [9.17, 15) is 5.11 Å². The van der Waals surface area contributed by atoms with Crippen LogP contribution in [0.3, 0.4) is 0 Å². The summed E-state index contributed by atoms with van der Waals surface area (Å²) in [6.07, 6.45) is 2.49. The molecule has 1 aromatic heterocycles. The Morgan fingerprint density at radius 2 is 1.96 bits per heavy atom. The Kier molecular flexibility index (Phi) is 5.77. The minimum absolute atomic E-state index is 0.357. The third kappa shape index (κ3) is 4.15. The lowest BCUT2D eigenvalue weighted by atomic mass is 9.96. The molecule has 0 spiro atoms. The summed E-state index contributed by atoms with van der Waals surface area (Å²) in [7, 11) is 0. The molecular formula is C21H30N4O. The fourth-order valence-electron chi connectivity index (χ4n) is 3.24. The van der Waals surface area contributed by atoms with Crippen molar-refractivity contribution in [3.8, 4) is 0 Å². The molecule has 0 bridgehead atoms. The Labute approximate surface area is 156 Å². The van der Waals surface area contributed by atoms with Crippen molar-refractivity contribution in [2.75, 3.05) is 16.8 Å². The molecule has 2 atom stereocenters. The van der Waals surface area contributed by atoms with Crippen molar-refractivity contribution >= 4 is 11.8 Å². The van der Waals surface area contributed by atoms with Crippen molar-refractivity contribution in [3.63, 3.8) is 0 Å². The van der Waals surface area contributed by atoms with Crippen molar-refractivity contribution in [1.29, 1.82) is 0 Å². The summed E-state index contributed by atoms with van der Waals surface area (Å²) in [5, 5.41) is 13.2. The molecule has 0 unspecified atom stereocenters. The van der Waals surface area contributed by atoms with Crippen LogP contribution in [0.5, 0.6) is 0 Å². The molecule has 2 heterocycles. The van der Waals surface area contributed by atoms with Crippen LogP contribution in [0, 0.1) is 0 Å². The van der Waals surface area contributed by atoms with Gasteiger partial charge in [-0.25, -0.2) is 4.98 Å². The van der Waals surface area contributed by atoms with Crippen molar-refractivity contribution < 1.29 is 5.11 Å². The summed E-state index contributed by atoms with van der Waals surface area (Å²) < 4.78 is 0. The number of nitrogens with one attached hydrogen (secondary N) is 1. The van der Waals surface area contributed by atoms with E-state index in [-0.39, 0.29) is 0 Å². The van der Waals surface area contributed by atoms with Crippen LogP contribution < -0.4 is 10.2 Å². The molecule has 0 radical (unpaired) electrons. The van der Waals surface area contributed by atoms with E-state index < -0.39 is 6.10 Å². The van der Waals surface area contributed by atoms with Gasteiger partial charge in [-0.2, -0.15) is 4.98 Å². The molecule has 1 aliphatic rings. The van der Waals surface area contributed by atoms with Gasteiger partial charge in [0.2, 0.25) is 5.95 Å². The van der Waals surface area contributed by atoms with Crippen LogP contribution in [-0.4, -0.2) is 27.7 Å². The summed E-state index contributed by atoms with van der Waals surface area (Å²) >= 11 is 0. The summed E-state index contributed by atoms with van der Waals surface area (Å²) in [5.41, 5.74) is 4.71. The number of fused-ring (bicyclic) bond motifs is 1. The van der Waals surface area contributed by atoms with E-state index in [4.69, 9.17) is 4.98 Å². The monoisotopic (exact) mass is 354 g/mol. The lowest BCUT2D eigenvalue weighted by Gasteiger charge is -2.31. The second-order valence-corrected chi connectivity index (χ2v) is 7.22. The molecule has 26 heavy (non-hydrogen) atoms. The number of rotatable bonds is 6. The number of aliphatic hydroxyl groups is 1. The molecule has 0 fully saturated rings. The summed E-state index contributed by atoms with van der Waals surface area (Å²) in [6, 6.07) is 8.78. The van der Waals surface area contributed by atoms with Gasteiger partial charge in [0.05, 0.1) is 6.10 Å². The molecule has 5 heteroatoms. The zero-order valence-electron chi connectivity index (χ0n) is 16.3. The Morgan fingerprint density at radius 1 is 1.15 bits per heavy atom. The van der Waals surface area contributed by atoms with E-state index in [1.807, 2.05) is 13.0 Å². The van der Waals surface area contributed by atoms with Crippen LogP contribution >= 0.6 is 0 Å². The maximum absolute atomic E-state index is 9.80. The molecule has 1 aliphatic heterocycles. The van der Waals surface area contributed by atoms with Gasteiger partial charge in [-0.3, -0.25) is 0 Å². The Bertz CT molecular complexity index is 760. The summed E-state index contributed by atoms with van der Waals surface area (Å²) in [5.74, 6) is 1.72. The van der Waals surface area contributed by atoms with Crippen LogP contribution in [0.1, 0.15) is 62.6 Å². The van der Waals surface area contributed by atoms with Gasteiger partial charge >= 0.3 is 0 Å². The van der Waals surface area contributed by atoms with Gasteiger partial charge in [-0.15, -0.1) is 0 Å². The third-order valence-corrected chi connectivity index (χ3v) is 5.16. The third-order valence-electron chi connectivity index (χ3n) is 5.16. The van der Waals surface area contributed by atoms with Gasteiger partial charge < -0.3 is 15.3 Å². The number of benzene rings is 1. The highest BCUT2D eigenvalue weighted by atomic mass is 16.3. The number of aliphatic hydroxyl groups excluding tert-OH is 1. The molecule has 2 aromatic rings. The molecular weight excluding hydrogens is 324 g/mol. The van der Waals surface area contributed by atoms with Crippen molar-refractivity contribution in [3.05, 3.63) is 46.6 Å². The van der Waals surface area contributed by atoms with Crippen LogP contribution in [0.2, 0.25) is 0 Å². The van der Waals surface area contributed by atoms with Crippen LogP contribution in [-0.2, 0) is 19.4 Å². The highest BCUT2D eigenvalue weighted by Gasteiger charge is 2.20. The zero-order valence-corrected chi connectivity index (χ0v) is 16.3. The SMILES string of the molecule is CCc1cc(N2CCc3cc([C@H](C)O)ccc3C2)nc(N[C@H](C)CC)n1. The zero-order chi connectivity index (χ0) is 18.7. The topological polar surface area (TPSA) is 61.3 Å². The van der Waals surface area contributed by atoms with E-state index in [2.05, 4.69) is 54.2 Å². The lowest BCUT2D eigenvalue weighted by Crippen LogP contribution is -2.31. The first-order chi connectivity index (χ1) is 12.5. The summed E-state index contributed by atoms with van der Waals surface area (Å²) in [6.45, 7) is 10.0. The van der Waals surface area contributed by atoms with Gasteiger partial charge in [-0.05, 0) is 49.8 Å². The second kappa shape index (κ2) is 8.04. The Balaban J connectivity index is 1.84. The lowest BCUT2D eigenvalue weighted by molar-refractivity contribution is 0.199. The normalized spacial score (nSPS) is 16.1. The van der Waals surface area contributed by atoms with Crippen molar-refractivity contribution in [2.24, 2.45) is 0 Å². The van der Waals surface area contributed by atoms with Crippen LogP contribution in [0.4, 0.5) is 11.8 Å². The first-order valence-electron chi connectivity index (χ1n) is 9.69. The average Bonchev–Trinajstić information content (AvgIpc) is 2.66. The molecule has 0 saturated heterocycles. The highest BCUT2D eigenvalue weighted by molar-refractivity contribution is 5.49. The van der Waals surface area contributed by atoms with Crippen LogP contribution in [0.25, 0.3) is 0 Å². The van der Waals surface area contributed by atoms with Gasteiger partial charge in [0.25, 0.3) is 0 Å². The van der Waals surface area contributed by atoms with Crippen molar-refractivity contribution in [1.82, 2.24) is 9.97 Å². The number of hydrogen-bond donors (Lipinski definition) is 2. The predicted octanol–water partition coefficient (Wildman–Crippen LogP) is 3.87. The summed E-state index contributed by atoms with van der Waals surface area (Å²) in [4.78, 5) is 11.7. The molecule has 140 valence electrons. The molecule has 0 amide bonds. The minimum Gasteiger partial charge on any atom is -0.389 e. The average molecular weight is 354 g/mol. The molecule has 2 N–H and O–H groups in total. The molecule has 5 nitrogen and oxygen atoms in total. The second-order valence-electron chi connectivity index (χ2n) is 7.22. The highest BCUT2D eigenvalue weighted by Crippen LogP contribution is 2.27. The van der Waals surface area contributed by atoms with Gasteiger partial charge in [0, 0.05) is 30.9 Å². The number of hydrogen-bond acceptors (Lipinski definition) is 5. The van der Waals surface area contributed by atoms with Gasteiger partial charge in [-0.1, -0.05) is 32.0 Å². The van der Waals surface area contributed by atoms with Gasteiger partial charge in [0.1, 0.15) is 5.82 Å². The smallest absolute Gasteiger partial charge is 0.225 e. The first kappa shape index (κ1) is 18.6. The molecule has 3 rings (SSSR count). The molecule has 0 saturated carbocycles. The van der Waals surface area contributed by atoms with E-state index >= 15 is 0 Å². The molecule has 1 aromatic carbocycles. The van der Waals surface area contributed by atoms with E-state index in [1.165, 1.54) is 11.1 Å². The largest absolute Gasteiger partial charge is 0.389 e. The van der Waals surface area contributed by atoms with Crippen molar-refractivity contribution in [2.45, 2.75) is 65.6 Å². The minimum atomic E-state index is -0.415. The predicted molar refractivity (Wildman–Crippen MR) is 107 cm³/mol. The number of anilines is 2. The first-order valence-corrected chi connectivity index (χ1v) is 9.69. The van der Waals surface area contributed by atoms with E-state index in [1.54, 1.807) is 0 Å². The Hall–Kier alpha value is -2.14. The van der Waals surface area contributed by atoms with E-state index in [0.717, 1.165) is 55.4 Å². The number of nitrogens with zero attached hydrogens (tertiary/aromatic N) is 3. The Morgan fingerprint density at radius 3 is 2.65 bits per heavy atom. The fraction of sp³-hybridized carbons (Fsp3) is 0.524. The molecule has 0 aliphatic carbocycles. The fourth-order valence-corrected chi connectivity index (χ4v) is 3.24. The standard InChI is InChI=1S/C21H30N4O/c1-5-14(3)22-21-23-19(6-2)12-20(24-21)25-10-9-17-11-16(15(4)26)7-8-18(17)13-25/h7-8,11-12,14-15,26H,5-6,9-10,13H2,1-4H3,(H,22,23,24)/t14-,15+/m1/s1. The van der Waals surface area contributed by atoms with Crippen LogP contribution in [0.15, 0.2) is 24.3 Å².